The molecule has 1 amide bonds. The monoisotopic (exact) mass is 410 g/mol. The summed E-state index contributed by atoms with van der Waals surface area (Å²) in [7, 11) is 3.27. The lowest BCUT2D eigenvalue weighted by Gasteiger charge is -2.35. The Labute approximate surface area is 173 Å². The number of rotatable bonds is 6. The van der Waals surface area contributed by atoms with E-state index in [0.717, 1.165) is 27.9 Å². The first-order chi connectivity index (χ1) is 14.2. The van der Waals surface area contributed by atoms with Gasteiger partial charge >= 0.3 is 0 Å². The molecule has 7 nitrogen and oxygen atoms in total. The van der Waals surface area contributed by atoms with Crippen molar-refractivity contribution in [3.63, 3.8) is 0 Å². The predicted molar refractivity (Wildman–Crippen MR) is 114 cm³/mol. The van der Waals surface area contributed by atoms with Gasteiger partial charge in [-0.25, -0.2) is 4.98 Å². The fourth-order valence-corrected chi connectivity index (χ4v) is 3.91. The number of nitrogens with zero attached hydrogens (tertiary/aromatic N) is 2. The number of likely N-dealkylation sites (N-methyl/N-ethyl adjacent to an activating group) is 1. The topological polar surface area (TPSA) is 75.7 Å². The molecule has 1 atom stereocenters. The molecule has 29 heavy (non-hydrogen) atoms. The highest BCUT2D eigenvalue weighted by molar-refractivity contribution is 7.13. The lowest BCUT2D eigenvalue weighted by molar-refractivity contribution is -0.127. The molecule has 0 saturated carbocycles. The fraction of sp³-hybridized carbons (Fsp3) is 0.238. The Kier molecular flexibility index (Phi) is 5.53. The Morgan fingerprint density at radius 1 is 1.28 bits per heavy atom. The van der Waals surface area contributed by atoms with Crippen LogP contribution < -0.4 is 25.0 Å². The fourth-order valence-electron chi connectivity index (χ4n) is 3.18. The number of amides is 1. The molecule has 1 aliphatic rings. The van der Waals surface area contributed by atoms with Gasteiger partial charge in [-0.2, -0.15) is 0 Å². The number of thiazole rings is 1. The van der Waals surface area contributed by atoms with Crippen molar-refractivity contribution in [3.05, 3.63) is 59.6 Å². The van der Waals surface area contributed by atoms with E-state index >= 15 is 0 Å². The summed E-state index contributed by atoms with van der Waals surface area (Å²) in [5.74, 6) is 1.39. The predicted octanol–water partition coefficient (Wildman–Crippen LogP) is 3.41. The Hall–Kier alpha value is -3.26. The third-order valence-corrected chi connectivity index (χ3v) is 5.45. The first-order valence-electron chi connectivity index (χ1n) is 9.24. The van der Waals surface area contributed by atoms with E-state index in [1.54, 1.807) is 25.5 Å². The van der Waals surface area contributed by atoms with E-state index in [1.165, 1.54) is 0 Å². The van der Waals surface area contributed by atoms with Gasteiger partial charge in [-0.05, 0) is 36.4 Å². The maximum Gasteiger partial charge on any atom is 0.262 e. The Morgan fingerprint density at radius 2 is 2.07 bits per heavy atom. The van der Waals surface area contributed by atoms with Crippen molar-refractivity contribution in [3.8, 4) is 11.5 Å². The highest BCUT2D eigenvalue weighted by Gasteiger charge is 2.30. The summed E-state index contributed by atoms with van der Waals surface area (Å²) in [4.78, 5) is 19.0. The molecular weight excluding hydrogens is 388 g/mol. The quantitative estimate of drug-likeness (QED) is 0.649. The number of anilines is 3. The number of ether oxygens (including phenoxy) is 2. The molecule has 0 saturated heterocycles. The second kappa shape index (κ2) is 8.40. The molecular formula is C21H22N4O3S. The Morgan fingerprint density at radius 3 is 2.83 bits per heavy atom. The van der Waals surface area contributed by atoms with Crippen molar-refractivity contribution in [2.24, 2.45) is 0 Å². The van der Waals surface area contributed by atoms with Crippen LogP contribution in [-0.4, -0.2) is 37.7 Å². The number of benzene rings is 2. The summed E-state index contributed by atoms with van der Waals surface area (Å²) < 4.78 is 11.0. The van der Waals surface area contributed by atoms with Crippen molar-refractivity contribution in [2.75, 3.05) is 30.9 Å². The highest BCUT2D eigenvalue weighted by Crippen LogP contribution is 2.34. The van der Waals surface area contributed by atoms with Crippen LogP contribution in [-0.2, 0) is 11.3 Å². The van der Waals surface area contributed by atoms with Gasteiger partial charge in [0.15, 0.2) is 11.2 Å². The first kappa shape index (κ1) is 19.1. The summed E-state index contributed by atoms with van der Waals surface area (Å²) in [6, 6.07) is 15.5. The standard InChI is InChI=1S/C21H22N4O3S/c1-22-20(26)19-12-25(17-5-3-4-6-18(17)28-19)11-15-13-29-21(24-15)23-14-7-9-16(27-2)10-8-14/h3-10,13,19H,11-12H2,1-2H3,(H,22,26)(H,23,24)/t19-/m0/s1. The maximum atomic E-state index is 12.1. The number of methoxy groups -OCH3 is 1. The van der Waals surface area contributed by atoms with Gasteiger partial charge in [0.25, 0.3) is 5.91 Å². The molecule has 150 valence electrons. The van der Waals surface area contributed by atoms with E-state index in [9.17, 15) is 4.79 Å². The van der Waals surface area contributed by atoms with Gasteiger partial charge in [0.1, 0.15) is 11.5 Å². The third-order valence-electron chi connectivity index (χ3n) is 4.65. The van der Waals surface area contributed by atoms with E-state index in [-0.39, 0.29) is 5.91 Å². The summed E-state index contributed by atoms with van der Waals surface area (Å²) in [6.45, 7) is 1.06. The van der Waals surface area contributed by atoms with E-state index in [2.05, 4.69) is 15.5 Å². The van der Waals surface area contributed by atoms with Crippen molar-refractivity contribution in [1.29, 1.82) is 0 Å². The van der Waals surface area contributed by atoms with Gasteiger partial charge in [0, 0.05) is 18.1 Å². The Balaban J connectivity index is 1.49. The second-order valence-corrected chi connectivity index (χ2v) is 7.42. The molecule has 0 unspecified atom stereocenters. The smallest absolute Gasteiger partial charge is 0.262 e. The molecule has 2 aromatic carbocycles. The number of aromatic nitrogens is 1. The molecule has 0 aliphatic carbocycles. The number of nitrogens with one attached hydrogen (secondary N) is 2. The first-order valence-corrected chi connectivity index (χ1v) is 10.1. The van der Waals surface area contributed by atoms with Gasteiger partial charge in [-0.3, -0.25) is 4.79 Å². The molecule has 3 aromatic rings. The van der Waals surface area contributed by atoms with Crippen molar-refractivity contribution >= 4 is 33.8 Å². The number of carbonyl (C=O) groups is 1. The zero-order chi connectivity index (χ0) is 20.2. The lowest BCUT2D eigenvalue weighted by atomic mass is 10.1. The SMILES string of the molecule is CNC(=O)[C@@H]1CN(Cc2csc(Nc3ccc(OC)cc3)n2)c2ccccc2O1. The molecule has 0 radical (unpaired) electrons. The van der Waals surface area contributed by atoms with Crippen LogP contribution in [0.5, 0.6) is 11.5 Å². The van der Waals surface area contributed by atoms with Crippen LogP contribution in [0.15, 0.2) is 53.9 Å². The van der Waals surface area contributed by atoms with Crippen LogP contribution in [0.2, 0.25) is 0 Å². The van der Waals surface area contributed by atoms with Gasteiger partial charge in [-0.1, -0.05) is 12.1 Å². The zero-order valence-electron chi connectivity index (χ0n) is 16.2. The minimum atomic E-state index is -0.551. The number of fused-ring (bicyclic) bond motifs is 1. The van der Waals surface area contributed by atoms with E-state index < -0.39 is 6.10 Å². The van der Waals surface area contributed by atoms with Gasteiger partial charge < -0.3 is 25.0 Å². The minimum Gasteiger partial charge on any atom is -0.497 e. The summed E-state index contributed by atoms with van der Waals surface area (Å²) in [6.07, 6.45) is -0.551. The van der Waals surface area contributed by atoms with Crippen LogP contribution in [0.3, 0.4) is 0 Å². The van der Waals surface area contributed by atoms with E-state index in [4.69, 9.17) is 14.5 Å². The van der Waals surface area contributed by atoms with Crippen LogP contribution in [0.25, 0.3) is 0 Å². The highest BCUT2D eigenvalue weighted by atomic mass is 32.1. The van der Waals surface area contributed by atoms with E-state index in [0.29, 0.717) is 18.8 Å². The molecule has 1 aromatic heterocycles. The normalized spacial score (nSPS) is 15.2. The number of hydrogen-bond acceptors (Lipinski definition) is 7. The van der Waals surface area contributed by atoms with Crippen molar-refractivity contribution in [2.45, 2.75) is 12.6 Å². The average Bonchev–Trinajstić information content (AvgIpc) is 3.20. The van der Waals surface area contributed by atoms with Crippen molar-refractivity contribution < 1.29 is 14.3 Å². The maximum absolute atomic E-state index is 12.1. The minimum absolute atomic E-state index is 0.135. The molecule has 2 heterocycles. The summed E-state index contributed by atoms with van der Waals surface area (Å²) in [5, 5.41) is 8.82. The van der Waals surface area contributed by atoms with Crippen LogP contribution in [0.4, 0.5) is 16.5 Å². The van der Waals surface area contributed by atoms with E-state index in [1.807, 2.05) is 53.9 Å². The zero-order valence-corrected chi connectivity index (χ0v) is 17.0. The Bertz CT molecular complexity index is 990. The number of para-hydroxylation sites is 2. The molecule has 0 spiro atoms. The molecule has 0 bridgehead atoms. The largest absolute Gasteiger partial charge is 0.497 e. The molecule has 2 N–H and O–H groups in total. The third kappa shape index (κ3) is 4.27. The van der Waals surface area contributed by atoms with Crippen LogP contribution in [0.1, 0.15) is 5.69 Å². The lowest BCUT2D eigenvalue weighted by Crippen LogP contribution is -2.47. The summed E-state index contributed by atoms with van der Waals surface area (Å²) >= 11 is 1.55. The second-order valence-electron chi connectivity index (χ2n) is 6.57. The number of hydrogen-bond donors (Lipinski definition) is 2. The van der Waals surface area contributed by atoms with Crippen LogP contribution >= 0.6 is 11.3 Å². The molecule has 1 aliphatic heterocycles. The average molecular weight is 410 g/mol. The number of carbonyl (C=O) groups excluding carboxylic acids is 1. The van der Waals surface area contributed by atoms with Crippen molar-refractivity contribution in [1.82, 2.24) is 10.3 Å². The molecule has 0 fully saturated rings. The van der Waals surface area contributed by atoms with Gasteiger partial charge in [0.2, 0.25) is 0 Å². The van der Waals surface area contributed by atoms with Crippen LogP contribution in [0, 0.1) is 0 Å². The van der Waals surface area contributed by atoms with Gasteiger partial charge in [-0.15, -0.1) is 11.3 Å². The molecule has 4 rings (SSSR count). The van der Waals surface area contributed by atoms with Gasteiger partial charge in [0.05, 0.1) is 31.6 Å². The summed E-state index contributed by atoms with van der Waals surface area (Å²) in [5.41, 5.74) is 2.84. The molecule has 8 heteroatoms.